The van der Waals surface area contributed by atoms with Crippen LogP contribution in [0.15, 0.2) is 0 Å². The zero-order valence-corrected chi connectivity index (χ0v) is 22.3. The van der Waals surface area contributed by atoms with E-state index in [0.717, 1.165) is 0 Å². The molecule has 2 N–H and O–H groups in total. The maximum absolute atomic E-state index is 12.8. The van der Waals surface area contributed by atoms with E-state index in [9.17, 15) is 24.6 Å². The number of aliphatic hydroxyl groups excluding tert-OH is 1. The van der Waals surface area contributed by atoms with Crippen LogP contribution in [0.2, 0.25) is 0 Å². The third-order valence-corrected chi connectivity index (χ3v) is 11.5. The second kappa shape index (κ2) is 7.91. The summed E-state index contributed by atoms with van der Waals surface area (Å²) in [5.41, 5.74) is -4.70. The average Bonchev–Trinajstić information content (AvgIpc) is 2.75. The van der Waals surface area contributed by atoms with Crippen LogP contribution in [-0.4, -0.2) is 59.1 Å². The smallest absolute Gasteiger partial charge is 0.347 e. The second-order valence-corrected chi connectivity index (χ2v) is 12.9. The predicted octanol–water partition coefficient (Wildman–Crippen LogP) is 3.01. The van der Waals surface area contributed by atoms with Crippen LogP contribution < -0.4 is 0 Å². The summed E-state index contributed by atoms with van der Waals surface area (Å²) in [6.07, 6.45) is -0.839. The number of hydrogen-bond acceptors (Lipinski definition) is 8. The minimum Gasteiger partial charge on any atom is -0.466 e. The van der Waals surface area contributed by atoms with Crippen molar-refractivity contribution in [3.05, 3.63) is 0 Å². The summed E-state index contributed by atoms with van der Waals surface area (Å²) >= 11 is 0. The molecule has 4 aliphatic rings. The molecule has 1 heterocycles. The van der Waals surface area contributed by atoms with Crippen molar-refractivity contribution in [2.24, 2.45) is 39.4 Å². The Balaban J connectivity index is 1.91. The molecule has 0 aromatic carbocycles. The lowest BCUT2D eigenvalue weighted by Gasteiger charge is -2.74. The molecule has 1 saturated heterocycles. The van der Waals surface area contributed by atoms with Gasteiger partial charge >= 0.3 is 17.9 Å². The Bertz CT molecular complexity index is 930. The predicted molar refractivity (Wildman–Crippen MR) is 126 cm³/mol. The van der Waals surface area contributed by atoms with Gasteiger partial charge in [0.05, 0.1) is 25.2 Å². The summed E-state index contributed by atoms with van der Waals surface area (Å²) in [4.78, 5) is 37.7. The lowest BCUT2D eigenvalue weighted by molar-refractivity contribution is -0.340. The van der Waals surface area contributed by atoms with Crippen molar-refractivity contribution in [1.82, 2.24) is 0 Å². The number of carbonyl (C=O) groups excluding carboxylic acids is 3. The molecular formula is C27H42O8. The average molecular weight is 495 g/mol. The van der Waals surface area contributed by atoms with E-state index in [4.69, 9.17) is 14.2 Å². The minimum atomic E-state index is -1.72. The van der Waals surface area contributed by atoms with E-state index in [1.807, 2.05) is 6.92 Å². The van der Waals surface area contributed by atoms with Crippen molar-refractivity contribution in [2.75, 3.05) is 7.11 Å². The summed E-state index contributed by atoms with van der Waals surface area (Å²) in [7, 11) is 1.23. The van der Waals surface area contributed by atoms with Crippen LogP contribution in [0.3, 0.4) is 0 Å². The third kappa shape index (κ3) is 3.14. The standard InChI is InChI=1S/C27H42O8/c1-14-11-19(34-15(2)28)25(6)16-9-10-24(5)21(22(31)33-8)35-20(30)13-27(24,32)26(16,7)18(29)12-17(25)23(14,3)4/h14,16-19,21,29,32H,9-13H2,1-8H3/t14-,16?,17?,18-,19+,21+,24+,25-,26+,27?/m1/s1. The Hall–Kier alpha value is -1.67. The Morgan fingerprint density at radius 3 is 2.29 bits per heavy atom. The normalized spacial score (nSPS) is 50.6. The summed E-state index contributed by atoms with van der Waals surface area (Å²) < 4.78 is 16.4. The maximum Gasteiger partial charge on any atom is 0.347 e. The monoisotopic (exact) mass is 494 g/mol. The molecule has 3 saturated carbocycles. The largest absolute Gasteiger partial charge is 0.466 e. The van der Waals surface area contributed by atoms with Gasteiger partial charge in [-0.3, -0.25) is 9.59 Å². The van der Waals surface area contributed by atoms with E-state index >= 15 is 0 Å². The molecule has 4 fully saturated rings. The van der Waals surface area contributed by atoms with Gasteiger partial charge in [-0.25, -0.2) is 4.79 Å². The fourth-order valence-corrected chi connectivity index (χ4v) is 9.10. The Morgan fingerprint density at radius 2 is 1.71 bits per heavy atom. The van der Waals surface area contributed by atoms with Crippen molar-refractivity contribution < 1.29 is 38.8 Å². The van der Waals surface area contributed by atoms with Crippen LogP contribution in [0.1, 0.15) is 80.6 Å². The number of cyclic esters (lactones) is 1. The number of esters is 3. The van der Waals surface area contributed by atoms with E-state index in [1.165, 1.54) is 14.0 Å². The molecule has 0 amide bonds. The summed E-state index contributed by atoms with van der Waals surface area (Å²) in [5.74, 6) is -1.72. The highest BCUT2D eigenvalue weighted by atomic mass is 16.6. The van der Waals surface area contributed by atoms with Gasteiger partial charge in [-0.05, 0) is 48.9 Å². The van der Waals surface area contributed by atoms with Crippen LogP contribution >= 0.6 is 0 Å². The molecule has 0 aromatic rings. The zero-order chi connectivity index (χ0) is 26.4. The SMILES string of the molecule is COC(=O)[C@@H]1OC(=O)CC2(O)[C@@]1(C)CCC1[C@]3(C)C(C[C@@H](O)[C@]12C)C(C)(C)[C@H](C)C[C@@H]3OC(C)=O. The van der Waals surface area contributed by atoms with Crippen molar-refractivity contribution in [3.63, 3.8) is 0 Å². The molecule has 0 spiro atoms. The highest BCUT2D eigenvalue weighted by Crippen LogP contribution is 2.74. The fraction of sp³-hybridized carbons (Fsp3) is 0.889. The summed E-state index contributed by atoms with van der Waals surface area (Å²) in [6.45, 7) is 13.8. The molecule has 8 nitrogen and oxygen atoms in total. The molecule has 35 heavy (non-hydrogen) atoms. The van der Waals surface area contributed by atoms with Crippen LogP contribution in [0.25, 0.3) is 0 Å². The van der Waals surface area contributed by atoms with Gasteiger partial charge in [0.15, 0.2) is 0 Å². The van der Waals surface area contributed by atoms with Gasteiger partial charge in [-0.1, -0.05) is 41.5 Å². The molecule has 10 atom stereocenters. The molecule has 3 aliphatic carbocycles. The van der Waals surface area contributed by atoms with Gasteiger partial charge in [0, 0.05) is 23.2 Å². The summed E-state index contributed by atoms with van der Waals surface area (Å²) in [6, 6.07) is 0. The number of hydrogen-bond donors (Lipinski definition) is 2. The molecule has 0 radical (unpaired) electrons. The first kappa shape index (κ1) is 26.4. The highest BCUT2D eigenvalue weighted by Gasteiger charge is 2.78. The lowest BCUT2D eigenvalue weighted by atomic mass is 9.33. The van der Waals surface area contributed by atoms with Crippen LogP contribution in [-0.2, 0) is 28.6 Å². The van der Waals surface area contributed by atoms with Gasteiger partial charge < -0.3 is 24.4 Å². The zero-order valence-electron chi connectivity index (χ0n) is 22.3. The molecule has 0 bridgehead atoms. The van der Waals surface area contributed by atoms with Crippen molar-refractivity contribution in [2.45, 2.75) is 104 Å². The molecule has 3 unspecified atom stereocenters. The van der Waals surface area contributed by atoms with E-state index in [-0.39, 0.29) is 41.7 Å². The molecular weight excluding hydrogens is 452 g/mol. The Labute approximate surface area is 208 Å². The van der Waals surface area contributed by atoms with E-state index in [0.29, 0.717) is 25.7 Å². The maximum atomic E-state index is 12.8. The molecule has 4 rings (SSSR count). The number of carbonyl (C=O) groups is 3. The second-order valence-electron chi connectivity index (χ2n) is 12.9. The number of rotatable bonds is 2. The minimum absolute atomic E-state index is 0.0241. The quantitative estimate of drug-likeness (QED) is 0.444. The van der Waals surface area contributed by atoms with E-state index < -0.39 is 46.0 Å². The topological polar surface area (TPSA) is 119 Å². The first-order chi connectivity index (χ1) is 16.0. The Kier molecular flexibility index (Phi) is 5.97. The number of methoxy groups -OCH3 is 1. The molecule has 198 valence electrons. The molecule has 0 aromatic heterocycles. The highest BCUT2D eigenvalue weighted by molar-refractivity contribution is 5.83. The van der Waals surface area contributed by atoms with Gasteiger partial charge in [-0.2, -0.15) is 0 Å². The van der Waals surface area contributed by atoms with Gasteiger partial charge in [0.2, 0.25) is 6.10 Å². The molecule has 8 heteroatoms. The van der Waals surface area contributed by atoms with Crippen molar-refractivity contribution in [1.29, 1.82) is 0 Å². The van der Waals surface area contributed by atoms with E-state index in [1.54, 1.807) is 6.92 Å². The fourth-order valence-electron chi connectivity index (χ4n) is 9.10. The Morgan fingerprint density at radius 1 is 1.09 bits per heavy atom. The van der Waals surface area contributed by atoms with Gasteiger partial charge in [-0.15, -0.1) is 0 Å². The first-order valence-electron chi connectivity index (χ1n) is 12.9. The van der Waals surface area contributed by atoms with Crippen LogP contribution in [0.5, 0.6) is 0 Å². The number of fused-ring (bicyclic) bond motifs is 5. The number of ether oxygens (including phenoxy) is 3. The summed E-state index contributed by atoms with van der Waals surface area (Å²) in [5, 5.41) is 24.4. The van der Waals surface area contributed by atoms with Crippen LogP contribution in [0.4, 0.5) is 0 Å². The van der Waals surface area contributed by atoms with Crippen molar-refractivity contribution in [3.8, 4) is 0 Å². The third-order valence-electron chi connectivity index (χ3n) is 11.5. The van der Waals surface area contributed by atoms with Gasteiger partial charge in [0.25, 0.3) is 0 Å². The molecule has 1 aliphatic heterocycles. The van der Waals surface area contributed by atoms with Crippen molar-refractivity contribution >= 4 is 17.9 Å². The van der Waals surface area contributed by atoms with Gasteiger partial charge in [0.1, 0.15) is 6.10 Å². The van der Waals surface area contributed by atoms with E-state index in [2.05, 4.69) is 27.7 Å². The lowest BCUT2D eigenvalue weighted by Crippen LogP contribution is -2.79. The first-order valence-corrected chi connectivity index (χ1v) is 12.9. The number of aliphatic hydroxyl groups is 2. The van der Waals surface area contributed by atoms with Crippen LogP contribution in [0, 0.1) is 39.4 Å².